The minimum absolute atomic E-state index is 0.0727. The van der Waals surface area contributed by atoms with Crippen molar-refractivity contribution >= 4 is 5.91 Å². The molecule has 2 heterocycles. The van der Waals surface area contributed by atoms with Crippen LogP contribution in [0.15, 0.2) is 60.9 Å². The Hall–Kier alpha value is -3.39. The zero-order valence-electron chi connectivity index (χ0n) is 14.2. The van der Waals surface area contributed by atoms with Crippen LogP contribution in [0.5, 0.6) is 0 Å². The van der Waals surface area contributed by atoms with Gasteiger partial charge in [0, 0.05) is 42.5 Å². The van der Waals surface area contributed by atoms with Crippen LogP contribution < -0.4 is 5.32 Å². The van der Waals surface area contributed by atoms with Crippen molar-refractivity contribution in [2.45, 2.75) is 25.4 Å². The van der Waals surface area contributed by atoms with Gasteiger partial charge in [-0.05, 0) is 24.1 Å². The summed E-state index contributed by atoms with van der Waals surface area (Å²) in [4.78, 5) is 17.3. The summed E-state index contributed by atoms with van der Waals surface area (Å²) >= 11 is 0. The molecule has 1 atom stereocenters. The van der Waals surface area contributed by atoms with Gasteiger partial charge < -0.3 is 9.88 Å². The van der Waals surface area contributed by atoms with E-state index in [0.29, 0.717) is 11.1 Å². The smallest absolute Gasteiger partial charge is 0.252 e. The number of nitrogens with one attached hydrogen (secondary N) is 1. The number of hydrogen-bond acceptors (Lipinski definition) is 3. The third-order valence-electron chi connectivity index (χ3n) is 4.78. The van der Waals surface area contributed by atoms with Crippen molar-refractivity contribution in [2.24, 2.45) is 0 Å². The highest BCUT2D eigenvalue weighted by Crippen LogP contribution is 2.27. The molecule has 0 unspecified atom stereocenters. The predicted molar refractivity (Wildman–Crippen MR) is 98.4 cm³/mol. The molecule has 5 heteroatoms. The van der Waals surface area contributed by atoms with Gasteiger partial charge in [0.2, 0.25) is 0 Å². The van der Waals surface area contributed by atoms with Crippen LogP contribution in [-0.2, 0) is 13.0 Å². The lowest BCUT2D eigenvalue weighted by molar-refractivity contribution is 0.0928. The van der Waals surface area contributed by atoms with E-state index in [1.807, 2.05) is 48.7 Å². The summed E-state index contributed by atoms with van der Waals surface area (Å²) < 4.78 is 2.09. The van der Waals surface area contributed by atoms with E-state index in [-0.39, 0.29) is 11.9 Å². The molecule has 5 nitrogen and oxygen atoms in total. The fraction of sp³-hybridized carbons (Fsp3) is 0.190. The number of amides is 1. The van der Waals surface area contributed by atoms with Crippen LogP contribution in [0.1, 0.15) is 28.2 Å². The summed E-state index contributed by atoms with van der Waals surface area (Å²) in [5.41, 5.74) is 2.71. The fourth-order valence-corrected chi connectivity index (χ4v) is 3.48. The molecule has 3 aromatic rings. The van der Waals surface area contributed by atoms with Gasteiger partial charge in [-0.1, -0.05) is 36.4 Å². The molecule has 0 spiro atoms. The Morgan fingerprint density at radius 1 is 1.15 bits per heavy atom. The van der Waals surface area contributed by atoms with Gasteiger partial charge in [0.05, 0.1) is 11.6 Å². The standard InChI is InChI=1S/C21H18N4O/c22-13-15-5-1-2-6-17(15)18-7-3-4-8-19(18)21(26)24-16-9-10-20-23-11-12-25(20)14-16/h1-8,11-12,16H,9-10,14H2,(H,24,26)/t16-/m1/s1. The summed E-state index contributed by atoms with van der Waals surface area (Å²) in [6, 6.07) is 17.1. The van der Waals surface area contributed by atoms with Gasteiger partial charge in [-0.25, -0.2) is 4.98 Å². The Kier molecular flexibility index (Phi) is 4.24. The molecule has 0 bridgehead atoms. The van der Waals surface area contributed by atoms with Crippen molar-refractivity contribution in [3.8, 4) is 17.2 Å². The molecule has 1 N–H and O–H groups in total. The first-order valence-corrected chi connectivity index (χ1v) is 8.65. The molecule has 26 heavy (non-hydrogen) atoms. The van der Waals surface area contributed by atoms with Gasteiger partial charge in [-0.3, -0.25) is 4.79 Å². The summed E-state index contributed by atoms with van der Waals surface area (Å²) in [6.45, 7) is 0.734. The van der Waals surface area contributed by atoms with Gasteiger partial charge in [0.1, 0.15) is 5.82 Å². The van der Waals surface area contributed by atoms with Crippen LogP contribution in [-0.4, -0.2) is 21.5 Å². The second-order valence-corrected chi connectivity index (χ2v) is 6.41. The average molecular weight is 342 g/mol. The second kappa shape index (κ2) is 6.85. The number of nitriles is 1. The first kappa shape index (κ1) is 16.1. The highest BCUT2D eigenvalue weighted by atomic mass is 16.1. The van der Waals surface area contributed by atoms with Crippen LogP contribution >= 0.6 is 0 Å². The zero-order valence-corrected chi connectivity index (χ0v) is 14.2. The van der Waals surface area contributed by atoms with E-state index in [1.165, 1.54) is 0 Å². The van der Waals surface area contributed by atoms with Crippen molar-refractivity contribution in [1.82, 2.24) is 14.9 Å². The Morgan fingerprint density at radius 3 is 2.77 bits per heavy atom. The number of carbonyl (C=O) groups excluding carboxylic acids is 1. The van der Waals surface area contributed by atoms with Gasteiger partial charge >= 0.3 is 0 Å². The van der Waals surface area contributed by atoms with Crippen LogP contribution in [0.3, 0.4) is 0 Å². The summed E-state index contributed by atoms with van der Waals surface area (Å²) in [7, 11) is 0. The SMILES string of the molecule is N#Cc1ccccc1-c1ccccc1C(=O)N[C@@H]1CCc2nccn2C1. The van der Waals surface area contributed by atoms with E-state index in [0.717, 1.165) is 36.3 Å². The Morgan fingerprint density at radius 2 is 1.92 bits per heavy atom. The van der Waals surface area contributed by atoms with Gasteiger partial charge in [0.15, 0.2) is 0 Å². The largest absolute Gasteiger partial charge is 0.347 e. The summed E-state index contributed by atoms with van der Waals surface area (Å²) in [6.07, 6.45) is 5.48. The normalized spacial score (nSPS) is 15.7. The van der Waals surface area contributed by atoms with Crippen LogP contribution in [0, 0.1) is 11.3 Å². The molecule has 0 aliphatic carbocycles. The summed E-state index contributed by atoms with van der Waals surface area (Å²) in [5, 5.41) is 12.5. The summed E-state index contributed by atoms with van der Waals surface area (Å²) in [5.74, 6) is 0.959. The molecule has 128 valence electrons. The van der Waals surface area contributed by atoms with E-state index >= 15 is 0 Å². The highest BCUT2D eigenvalue weighted by Gasteiger charge is 2.22. The molecule has 1 aromatic heterocycles. The molecular weight excluding hydrogens is 324 g/mol. The van der Waals surface area contributed by atoms with Crippen molar-refractivity contribution in [3.05, 3.63) is 77.9 Å². The molecule has 0 saturated heterocycles. The lowest BCUT2D eigenvalue weighted by atomic mass is 9.95. The minimum atomic E-state index is -0.109. The molecule has 2 aromatic carbocycles. The first-order chi connectivity index (χ1) is 12.8. The quantitative estimate of drug-likeness (QED) is 0.795. The number of nitrogens with zero attached hydrogens (tertiary/aromatic N) is 3. The molecule has 0 radical (unpaired) electrons. The fourth-order valence-electron chi connectivity index (χ4n) is 3.48. The third kappa shape index (κ3) is 2.98. The molecule has 1 aliphatic heterocycles. The van der Waals surface area contributed by atoms with Gasteiger partial charge in [-0.15, -0.1) is 0 Å². The van der Waals surface area contributed by atoms with Crippen LogP contribution in [0.25, 0.3) is 11.1 Å². The van der Waals surface area contributed by atoms with Gasteiger partial charge in [-0.2, -0.15) is 5.26 Å². The van der Waals surface area contributed by atoms with Crippen molar-refractivity contribution in [3.63, 3.8) is 0 Å². The maximum absolute atomic E-state index is 12.9. The van der Waals surface area contributed by atoms with Crippen molar-refractivity contribution in [1.29, 1.82) is 5.26 Å². The maximum Gasteiger partial charge on any atom is 0.252 e. The van der Waals surface area contributed by atoms with Crippen molar-refractivity contribution in [2.75, 3.05) is 0 Å². The average Bonchev–Trinajstić information content (AvgIpc) is 3.15. The molecule has 4 rings (SSSR count). The van der Waals surface area contributed by atoms with Crippen LogP contribution in [0.4, 0.5) is 0 Å². The van der Waals surface area contributed by atoms with Gasteiger partial charge in [0.25, 0.3) is 5.91 Å². The molecule has 0 saturated carbocycles. The number of benzene rings is 2. The minimum Gasteiger partial charge on any atom is -0.347 e. The van der Waals surface area contributed by atoms with Crippen molar-refractivity contribution < 1.29 is 4.79 Å². The predicted octanol–water partition coefficient (Wildman–Crippen LogP) is 3.17. The number of carbonyl (C=O) groups is 1. The number of aryl methyl sites for hydroxylation is 1. The number of hydrogen-bond donors (Lipinski definition) is 1. The van der Waals surface area contributed by atoms with Crippen LogP contribution in [0.2, 0.25) is 0 Å². The monoisotopic (exact) mass is 342 g/mol. The Labute approximate surface area is 151 Å². The van der Waals surface area contributed by atoms with E-state index in [9.17, 15) is 10.1 Å². The lowest BCUT2D eigenvalue weighted by Crippen LogP contribution is -2.41. The first-order valence-electron chi connectivity index (χ1n) is 8.65. The van der Waals surface area contributed by atoms with E-state index < -0.39 is 0 Å². The molecule has 1 amide bonds. The molecule has 1 aliphatic rings. The van der Waals surface area contributed by atoms with E-state index in [2.05, 4.69) is 20.9 Å². The zero-order chi connectivity index (χ0) is 17.9. The highest BCUT2D eigenvalue weighted by molar-refractivity contribution is 6.01. The topological polar surface area (TPSA) is 70.7 Å². The third-order valence-corrected chi connectivity index (χ3v) is 4.78. The maximum atomic E-state index is 12.9. The lowest BCUT2D eigenvalue weighted by Gasteiger charge is -2.25. The number of aromatic nitrogens is 2. The van der Waals surface area contributed by atoms with E-state index in [4.69, 9.17) is 0 Å². The number of fused-ring (bicyclic) bond motifs is 1. The Balaban J connectivity index is 1.61. The van der Waals surface area contributed by atoms with E-state index in [1.54, 1.807) is 12.3 Å². The molecular formula is C21H18N4O. The molecule has 0 fully saturated rings. The Bertz CT molecular complexity index is 999. The number of imidazole rings is 1. The second-order valence-electron chi connectivity index (χ2n) is 6.41. The number of rotatable bonds is 3.